The molecule has 21 heavy (non-hydrogen) atoms. The van der Waals surface area contributed by atoms with Gasteiger partial charge in [-0.1, -0.05) is 53.5 Å². The molecular formula is C18H17Cl2N. The molecule has 2 aromatic carbocycles. The topological polar surface area (TPSA) is 3.24 Å². The van der Waals surface area contributed by atoms with E-state index in [4.69, 9.17) is 23.2 Å². The number of nitrogens with zero attached hydrogens (tertiary/aromatic N) is 1. The van der Waals surface area contributed by atoms with Crippen LogP contribution in [0.2, 0.25) is 10.0 Å². The van der Waals surface area contributed by atoms with Crippen LogP contribution in [0.1, 0.15) is 35.4 Å². The second-order valence-electron chi connectivity index (χ2n) is 6.08. The van der Waals surface area contributed by atoms with Crippen LogP contribution >= 0.6 is 23.2 Å². The first-order valence-corrected chi connectivity index (χ1v) is 8.25. The molecule has 2 aromatic rings. The minimum atomic E-state index is 0.367. The van der Waals surface area contributed by atoms with Crippen LogP contribution in [0.3, 0.4) is 0 Å². The monoisotopic (exact) mass is 317 g/mol. The Morgan fingerprint density at radius 1 is 1.00 bits per heavy atom. The molecule has 1 aliphatic carbocycles. The Hall–Kier alpha value is -1.02. The molecule has 0 radical (unpaired) electrons. The van der Waals surface area contributed by atoms with Crippen molar-refractivity contribution in [3.05, 3.63) is 69.2 Å². The van der Waals surface area contributed by atoms with Gasteiger partial charge in [0.15, 0.2) is 0 Å². The van der Waals surface area contributed by atoms with Crippen molar-refractivity contribution >= 4 is 23.2 Å². The molecule has 1 nitrogen and oxygen atoms in total. The van der Waals surface area contributed by atoms with Crippen molar-refractivity contribution in [3.8, 4) is 0 Å². The van der Waals surface area contributed by atoms with Crippen molar-refractivity contribution in [1.29, 1.82) is 0 Å². The average Bonchev–Trinajstić information content (AvgIpc) is 3.32. The lowest BCUT2D eigenvalue weighted by molar-refractivity contribution is 0.230. The smallest absolute Gasteiger partial charge is 0.0468 e. The molecule has 1 fully saturated rings. The zero-order chi connectivity index (χ0) is 14.4. The van der Waals surface area contributed by atoms with Gasteiger partial charge in [0.1, 0.15) is 0 Å². The highest BCUT2D eigenvalue weighted by atomic mass is 35.5. The SMILES string of the molecule is Clc1cc(Cl)c2c(c1)C(c1ccccc1)CN(C1CC1)C2. The lowest BCUT2D eigenvalue weighted by Crippen LogP contribution is -2.35. The maximum atomic E-state index is 6.48. The fraction of sp³-hybridized carbons (Fsp3) is 0.333. The lowest BCUT2D eigenvalue weighted by atomic mass is 9.84. The molecule has 0 aromatic heterocycles. The maximum absolute atomic E-state index is 6.48. The fourth-order valence-electron chi connectivity index (χ4n) is 3.39. The number of rotatable bonds is 2. The quantitative estimate of drug-likeness (QED) is 0.744. The average molecular weight is 318 g/mol. The van der Waals surface area contributed by atoms with E-state index >= 15 is 0 Å². The van der Waals surface area contributed by atoms with Crippen LogP contribution in [0.5, 0.6) is 0 Å². The van der Waals surface area contributed by atoms with Crippen molar-refractivity contribution in [2.75, 3.05) is 6.54 Å². The predicted molar refractivity (Wildman–Crippen MR) is 88.2 cm³/mol. The number of hydrogen-bond donors (Lipinski definition) is 0. The summed E-state index contributed by atoms with van der Waals surface area (Å²) in [7, 11) is 0. The molecule has 0 spiro atoms. The zero-order valence-electron chi connectivity index (χ0n) is 11.7. The minimum absolute atomic E-state index is 0.367. The molecule has 0 N–H and O–H groups in total. The van der Waals surface area contributed by atoms with Gasteiger partial charge in [-0.2, -0.15) is 0 Å². The predicted octanol–water partition coefficient (Wildman–Crippen LogP) is 5.10. The number of hydrogen-bond acceptors (Lipinski definition) is 1. The minimum Gasteiger partial charge on any atom is -0.295 e. The Balaban J connectivity index is 1.82. The summed E-state index contributed by atoms with van der Waals surface area (Å²) in [5.74, 6) is 0.367. The molecule has 0 bridgehead atoms. The first-order chi connectivity index (χ1) is 10.2. The van der Waals surface area contributed by atoms with E-state index in [1.165, 1.54) is 29.5 Å². The third-order valence-corrected chi connectivity index (χ3v) is 5.17. The van der Waals surface area contributed by atoms with Crippen LogP contribution in [-0.2, 0) is 6.54 Å². The first kappa shape index (κ1) is 13.6. The van der Waals surface area contributed by atoms with E-state index < -0.39 is 0 Å². The van der Waals surface area contributed by atoms with Gasteiger partial charge < -0.3 is 0 Å². The van der Waals surface area contributed by atoms with Crippen molar-refractivity contribution in [1.82, 2.24) is 4.90 Å². The molecule has 1 saturated carbocycles. The Morgan fingerprint density at radius 2 is 1.76 bits per heavy atom. The van der Waals surface area contributed by atoms with Gasteiger partial charge >= 0.3 is 0 Å². The summed E-state index contributed by atoms with van der Waals surface area (Å²) in [4.78, 5) is 2.58. The summed E-state index contributed by atoms with van der Waals surface area (Å²) < 4.78 is 0. The summed E-state index contributed by atoms with van der Waals surface area (Å²) in [6.45, 7) is 2.03. The number of fused-ring (bicyclic) bond motifs is 1. The van der Waals surface area contributed by atoms with E-state index in [0.717, 1.165) is 29.2 Å². The van der Waals surface area contributed by atoms with Crippen molar-refractivity contribution in [2.45, 2.75) is 31.3 Å². The standard InChI is InChI=1S/C18H17Cl2N/c19-13-8-15-16(12-4-2-1-3-5-12)10-21(14-6-7-14)11-17(15)18(20)9-13/h1-5,8-9,14,16H,6-7,10-11H2. The summed E-state index contributed by atoms with van der Waals surface area (Å²) in [6.07, 6.45) is 2.64. The van der Waals surface area contributed by atoms with E-state index in [2.05, 4.69) is 41.3 Å². The van der Waals surface area contributed by atoms with Crippen molar-refractivity contribution in [2.24, 2.45) is 0 Å². The third-order valence-electron chi connectivity index (χ3n) is 4.61. The number of benzene rings is 2. The summed E-state index contributed by atoms with van der Waals surface area (Å²) in [5.41, 5.74) is 3.91. The van der Waals surface area contributed by atoms with E-state index in [1.807, 2.05) is 6.07 Å². The highest BCUT2D eigenvalue weighted by Crippen LogP contribution is 2.42. The van der Waals surface area contributed by atoms with E-state index in [9.17, 15) is 0 Å². The normalized spacial score (nSPS) is 22.1. The molecular weight excluding hydrogens is 301 g/mol. The molecule has 0 saturated heterocycles. The second-order valence-corrected chi connectivity index (χ2v) is 6.92. The van der Waals surface area contributed by atoms with Gasteiger partial charge in [0.05, 0.1) is 0 Å². The molecule has 1 aliphatic heterocycles. The van der Waals surface area contributed by atoms with Crippen molar-refractivity contribution < 1.29 is 0 Å². The highest BCUT2D eigenvalue weighted by molar-refractivity contribution is 6.35. The van der Waals surface area contributed by atoms with Gasteiger partial charge in [-0.15, -0.1) is 0 Å². The van der Waals surface area contributed by atoms with Crippen LogP contribution in [0.25, 0.3) is 0 Å². The Bertz CT molecular complexity index is 664. The van der Waals surface area contributed by atoms with E-state index in [1.54, 1.807) is 0 Å². The fourth-order valence-corrected chi connectivity index (χ4v) is 3.96. The van der Waals surface area contributed by atoms with Crippen LogP contribution < -0.4 is 0 Å². The Labute approximate surface area is 135 Å². The Morgan fingerprint density at radius 3 is 2.48 bits per heavy atom. The van der Waals surface area contributed by atoms with E-state index in [0.29, 0.717) is 5.92 Å². The summed E-state index contributed by atoms with van der Waals surface area (Å²) in [5, 5.41) is 1.54. The molecule has 0 amide bonds. The Kier molecular flexibility index (Phi) is 3.45. The highest BCUT2D eigenvalue weighted by Gasteiger charge is 2.36. The van der Waals surface area contributed by atoms with Gasteiger partial charge in [-0.3, -0.25) is 4.90 Å². The maximum Gasteiger partial charge on any atom is 0.0468 e. The van der Waals surface area contributed by atoms with Crippen LogP contribution in [0.15, 0.2) is 42.5 Å². The largest absolute Gasteiger partial charge is 0.295 e. The second kappa shape index (κ2) is 5.31. The van der Waals surface area contributed by atoms with Crippen LogP contribution in [0.4, 0.5) is 0 Å². The molecule has 4 rings (SSSR count). The van der Waals surface area contributed by atoms with Crippen molar-refractivity contribution in [3.63, 3.8) is 0 Å². The van der Waals surface area contributed by atoms with E-state index in [-0.39, 0.29) is 0 Å². The van der Waals surface area contributed by atoms with Gasteiger partial charge in [-0.05, 0) is 41.7 Å². The molecule has 1 heterocycles. The lowest BCUT2D eigenvalue weighted by Gasteiger charge is -2.36. The molecule has 3 heteroatoms. The van der Waals surface area contributed by atoms with Gasteiger partial charge in [-0.25, -0.2) is 0 Å². The van der Waals surface area contributed by atoms with Gasteiger partial charge in [0.25, 0.3) is 0 Å². The number of halogens is 2. The summed E-state index contributed by atoms with van der Waals surface area (Å²) >= 11 is 12.7. The molecule has 1 unspecified atom stereocenters. The first-order valence-electron chi connectivity index (χ1n) is 7.49. The van der Waals surface area contributed by atoms with Crippen LogP contribution in [0, 0.1) is 0 Å². The zero-order valence-corrected chi connectivity index (χ0v) is 13.2. The molecule has 1 atom stereocenters. The van der Waals surface area contributed by atoms with Gasteiger partial charge in [0, 0.05) is 35.1 Å². The molecule has 2 aliphatic rings. The third kappa shape index (κ3) is 2.59. The van der Waals surface area contributed by atoms with Gasteiger partial charge in [0.2, 0.25) is 0 Å². The molecule has 108 valence electrons. The van der Waals surface area contributed by atoms with Crippen LogP contribution in [-0.4, -0.2) is 17.5 Å². The summed E-state index contributed by atoms with van der Waals surface area (Å²) in [6, 6.07) is 15.4.